The van der Waals surface area contributed by atoms with Gasteiger partial charge < -0.3 is 10.5 Å². The number of halogens is 3. The number of hydrogen-bond acceptors (Lipinski definition) is 4. The maximum Gasteiger partial charge on any atom is 0.402 e. The lowest BCUT2D eigenvalue weighted by Gasteiger charge is -2.22. The third kappa shape index (κ3) is 5.88. The normalized spacial score (nSPS) is 15.9. The van der Waals surface area contributed by atoms with Crippen molar-refractivity contribution >= 4 is 17.7 Å². The van der Waals surface area contributed by atoms with E-state index in [4.69, 9.17) is 5.73 Å². The number of carbonyl (C=O) groups is 1. The van der Waals surface area contributed by atoms with E-state index in [-0.39, 0.29) is 12.4 Å². The van der Waals surface area contributed by atoms with Gasteiger partial charge in [-0.15, -0.1) is 11.8 Å². The molecule has 2 N–H and O–H groups in total. The van der Waals surface area contributed by atoms with Gasteiger partial charge in [0.1, 0.15) is 5.25 Å². The maximum atomic E-state index is 12.4. The highest BCUT2D eigenvalue weighted by Gasteiger charge is 2.42. The van der Waals surface area contributed by atoms with Gasteiger partial charge in [-0.2, -0.15) is 13.2 Å². The van der Waals surface area contributed by atoms with E-state index in [1.54, 1.807) is 6.92 Å². The minimum absolute atomic E-state index is 0.161. The topological polar surface area (TPSA) is 52.3 Å². The SMILES string of the molecule is CCOC(=O)CSC(C(C)N)C(F)(F)F. The number of esters is 1. The predicted molar refractivity (Wildman–Crippen MR) is 52.6 cm³/mol. The number of ether oxygens (including phenoxy) is 1. The zero-order chi connectivity index (χ0) is 12.1. The van der Waals surface area contributed by atoms with E-state index >= 15 is 0 Å². The highest BCUT2D eigenvalue weighted by Crippen LogP contribution is 2.32. The number of rotatable bonds is 5. The quantitative estimate of drug-likeness (QED) is 0.747. The molecular weight excluding hydrogens is 231 g/mol. The van der Waals surface area contributed by atoms with E-state index in [9.17, 15) is 18.0 Å². The third-order valence-corrected chi connectivity index (χ3v) is 2.94. The molecule has 2 atom stereocenters. The molecule has 0 amide bonds. The first-order valence-electron chi connectivity index (χ1n) is 4.38. The van der Waals surface area contributed by atoms with Gasteiger partial charge in [0.15, 0.2) is 0 Å². The minimum atomic E-state index is -4.40. The van der Waals surface area contributed by atoms with Crippen molar-refractivity contribution < 1.29 is 22.7 Å². The van der Waals surface area contributed by atoms with Crippen LogP contribution in [-0.4, -0.2) is 35.8 Å². The van der Waals surface area contributed by atoms with Gasteiger partial charge in [0.25, 0.3) is 0 Å². The molecule has 0 bridgehead atoms. The minimum Gasteiger partial charge on any atom is -0.465 e. The lowest BCUT2D eigenvalue weighted by Crippen LogP contribution is -2.41. The van der Waals surface area contributed by atoms with Crippen molar-refractivity contribution in [1.82, 2.24) is 0 Å². The summed E-state index contributed by atoms with van der Waals surface area (Å²) in [6.07, 6.45) is -4.40. The molecule has 3 nitrogen and oxygen atoms in total. The number of alkyl halides is 3. The van der Waals surface area contributed by atoms with E-state index < -0.39 is 23.4 Å². The monoisotopic (exact) mass is 245 g/mol. The summed E-state index contributed by atoms with van der Waals surface area (Å²) in [6, 6.07) is -1.05. The Kier molecular flexibility index (Phi) is 6.04. The van der Waals surface area contributed by atoms with Crippen LogP contribution < -0.4 is 5.73 Å². The summed E-state index contributed by atoms with van der Waals surface area (Å²) in [5, 5.41) is -1.73. The summed E-state index contributed by atoms with van der Waals surface area (Å²) in [6.45, 7) is 3.01. The predicted octanol–water partition coefficient (Wildman–Crippen LogP) is 1.56. The van der Waals surface area contributed by atoms with Crippen LogP contribution in [0, 0.1) is 0 Å². The van der Waals surface area contributed by atoms with Crippen molar-refractivity contribution in [3.05, 3.63) is 0 Å². The largest absolute Gasteiger partial charge is 0.465 e. The van der Waals surface area contributed by atoms with E-state index in [2.05, 4.69) is 4.74 Å². The van der Waals surface area contributed by atoms with Crippen molar-refractivity contribution in [3.63, 3.8) is 0 Å². The molecule has 0 aromatic heterocycles. The summed E-state index contributed by atoms with van der Waals surface area (Å²) in [7, 11) is 0. The first-order valence-corrected chi connectivity index (χ1v) is 5.43. The van der Waals surface area contributed by atoms with Crippen molar-refractivity contribution in [3.8, 4) is 0 Å². The Morgan fingerprint density at radius 3 is 2.40 bits per heavy atom. The maximum absolute atomic E-state index is 12.4. The summed E-state index contributed by atoms with van der Waals surface area (Å²) in [4.78, 5) is 10.8. The van der Waals surface area contributed by atoms with Crippen molar-refractivity contribution in [2.75, 3.05) is 12.4 Å². The van der Waals surface area contributed by atoms with Gasteiger partial charge in [0, 0.05) is 6.04 Å². The Hall–Kier alpha value is -0.430. The molecule has 0 aliphatic heterocycles. The number of hydrogen-bond donors (Lipinski definition) is 1. The summed E-state index contributed by atoms with van der Waals surface area (Å²) < 4.78 is 41.6. The average Bonchev–Trinajstić information content (AvgIpc) is 2.01. The van der Waals surface area contributed by atoms with Crippen LogP contribution in [0.15, 0.2) is 0 Å². The van der Waals surface area contributed by atoms with Crippen LogP contribution in [0.2, 0.25) is 0 Å². The van der Waals surface area contributed by atoms with Crippen LogP contribution >= 0.6 is 11.8 Å². The Balaban J connectivity index is 4.15. The van der Waals surface area contributed by atoms with E-state index in [0.29, 0.717) is 11.8 Å². The molecule has 2 unspecified atom stereocenters. The fourth-order valence-corrected chi connectivity index (χ4v) is 1.80. The first-order chi connectivity index (χ1) is 6.79. The molecule has 0 radical (unpaired) electrons. The van der Waals surface area contributed by atoms with Crippen molar-refractivity contribution in [2.24, 2.45) is 5.73 Å². The Bertz CT molecular complexity index is 209. The number of carbonyl (C=O) groups excluding carboxylic acids is 1. The van der Waals surface area contributed by atoms with E-state index in [1.807, 2.05) is 0 Å². The molecular formula is C8H14F3NO2S. The van der Waals surface area contributed by atoms with Gasteiger partial charge in [-0.05, 0) is 13.8 Å². The lowest BCUT2D eigenvalue weighted by molar-refractivity contribution is -0.140. The summed E-state index contributed by atoms with van der Waals surface area (Å²) in [5.74, 6) is -0.989. The van der Waals surface area contributed by atoms with Crippen molar-refractivity contribution in [2.45, 2.75) is 31.3 Å². The van der Waals surface area contributed by atoms with Gasteiger partial charge in [-0.25, -0.2) is 0 Å². The second kappa shape index (κ2) is 6.22. The fourth-order valence-electron chi connectivity index (χ4n) is 0.905. The molecule has 90 valence electrons. The van der Waals surface area contributed by atoms with Crippen LogP contribution in [0.1, 0.15) is 13.8 Å². The second-order valence-corrected chi connectivity index (χ2v) is 4.07. The Labute approximate surface area is 90.5 Å². The van der Waals surface area contributed by atoms with Gasteiger partial charge >= 0.3 is 12.1 Å². The molecule has 0 aliphatic carbocycles. The first kappa shape index (κ1) is 14.6. The summed E-state index contributed by atoms with van der Waals surface area (Å²) >= 11 is 0.460. The van der Waals surface area contributed by atoms with Crippen LogP contribution in [0.5, 0.6) is 0 Å². The lowest BCUT2D eigenvalue weighted by atomic mass is 10.2. The smallest absolute Gasteiger partial charge is 0.402 e. The molecule has 7 heteroatoms. The molecule has 15 heavy (non-hydrogen) atoms. The van der Waals surface area contributed by atoms with Gasteiger partial charge in [-0.3, -0.25) is 4.79 Å². The molecule has 0 aromatic rings. The van der Waals surface area contributed by atoms with Gasteiger partial charge in [-0.1, -0.05) is 0 Å². The molecule has 0 aliphatic rings. The Morgan fingerprint density at radius 1 is 1.53 bits per heavy atom. The molecule has 0 fully saturated rings. The molecule has 0 rings (SSSR count). The molecule has 0 saturated heterocycles. The number of thioether (sulfide) groups is 1. The van der Waals surface area contributed by atoms with Crippen LogP contribution in [0.4, 0.5) is 13.2 Å². The van der Waals surface area contributed by atoms with Crippen LogP contribution in [-0.2, 0) is 9.53 Å². The molecule has 0 aromatic carbocycles. The van der Waals surface area contributed by atoms with E-state index in [1.165, 1.54) is 6.92 Å². The standard InChI is InChI=1S/C8H14F3NO2S/c1-3-14-6(13)4-15-7(5(2)12)8(9,10)11/h5,7H,3-4,12H2,1-2H3. The highest BCUT2D eigenvalue weighted by molar-refractivity contribution is 8.00. The molecule has 0 heterocycles. The van der Waals surface area contributed by atoms with Crippen molar-refractivity contribution in [1.29, 1.82) is 0 Å². The number of nitrogens with two attached hydrogens (primary N) is 1. The van der Waals surface area contributed by atoms with Crippen LogP contribution in [0.3, 0.4) is 0 Å². The molecule has 0 spiro atoms. The van der Waals surface area contributed by atoms with Gasteiger partial charge in [0.2, 0.25) is 0 Å². The zero-order valence-electron chi connectivity index (χ0n) is 8.50. The highest BCUT2D eigenvalue weighted by atomic mass is 32.2. The Morgan fingerprint density at radius 2 is 2.07 bits per heavy atom. The zero-order valence-corrected chi connectivity index (χ0v) is 9.32. The van der Waals surface area contributed by atoms with E-state index in [0.717, 1.165) is 0 Å². The van der Waals surface area contributed by atoms with Crippen LogP contribution in [0.25, 0.3) is 0 Å². The van der Waals surface area contributed by atoms with Gasteiger partial charge in [0.05, 0.1) is 12.4 Å². The summed E-state index contributed by atoms with van der Waals surface area (Å²) in [5.41, 5.74) is 5.19. The fraction of sp³-hybridized carbons (Fsp3) is 0.875. The average molecular weight is 245 g/mol. The second-order valence-electron chi connectivity index (χ2n) is 2.94. The molecule has 0 saturated carbocycles. The third-order valence-electron chi connectivity index (χ3n) is 1.49.